The number of rotatable bonds is 5. The van der Waals surface area contributed by atoms with Crippen LogP contribution in [0, 0.1) is 12.8 Å². The van der Waals surface area contributed by atoms with Crippen LogP contribution < -0.4 is 5.32 Å². The van der Waals surface area contributed by atoms with E-state index in [0.29, 0.717) is 11.5 Å². The van der Waals surface area contributed by atoms with Crippen molar-refractivity contribution in [2.45, 2.75) is 25.8 Å². The van der Waals surface area contributed by atoms with Gasteiger partial charge in [0.1, 0.15) is 0 Å². The Balaban J connectivity index is 1.57. The van der Waals surface area contributed by atoms with Crippen molar-refractivity contribution in [3.05, 3.63) is 77.9 Å². The molecule has 1 aliphatic rings. The molecule has 1 N–H and O–H groups in total. The van der Waals surface area contributed by atoms with Gasteiger partial charge in [0.2, 0.25) is 0 Å². The molecule has 2 aromatic heterocycles. The van der Waals surface area contributed by atoms with Crippen molar-refractivity contribution in [3.63, 3.8) is 0 Å². The summed E-state index contributed by atoms with van der Waals surface area (Å²) in [6.45, 7) is 2.05. The third-order valence-electron chi connectivity index (χ3n) is 4.51. The summed E-state index contributed by atoms with van der Waals surface area (Å²) >= 11 is 0. The number of pyridine rings is 1. The van der Waals surface area contributed by atoms with Gasteiger partial charge in [0, 0.05) is 24.2 Å². The van der Waals surface area contributed by atoms with Crippen molar-refractivity contribution < 1.29 is 4.79 Å². The minimum absolute atomic E-state index is 0.0271. The zero-order valence-corrected chi connectivity index (χ0v) is 14.1. The molecule has 0 saturated heterocycles. The Morgan fingerprint density at radius 2 is 2.08 bits per heavy atom. The first-order chi connectivity index (χ1) is 12.2. The first-order valence-corrected chi connectivity index (χ1v) is 8.54. The molecule has 1 atom stereocenters. The van der Waals surface area contributed by atoms with Crippen LogP contribution in [0.5, 0.6) is 0 Å². The fraction of sp³-hybridized carbons (Fsp3) is 0.250. The number of hydrogen-bond acceptors (Lipinski definition) is 3. The van der Waals surface area contributed by atoms with Gasteiger partial charge < -0.3 is 5.32 Å². The molecule has 2 heterocycles. The minimum atomic E-state index is -0.0748. The van der Waals surface area contributed by atoms with E-state index in [1.807, 2.05) is 55.7 Å². The number of amides is 1. The van der Waals surface area contributed by atoms with Gasteiger partial charge in [0.05, 0.1) is 17.4 Å². The van der Waals surface area contributed by atoms with Gasteiger partial charge in [-0.15, -0.1) is 0 Å². The van der Waals surface area contributed by atoms with Crippen LogP contribution in [0.25, 0.3) is 5.69 Å². The predicted octanol–water partition coefficient (Wildman–Crippen LogP) is 3.46. The van der Waals surface area contributed by atoms with Gasteiger partial charge in [-0.05, 0) is 67.6 Å². The molecule has 1 aliphatic carbocycles. The van der Waals surface area contributed by atoms with Crippen molar-refractivity contribution >= 4 is 5.91 Å². The van der Waals surface area contributed by atoms with Crippen molar-refractivity contribution in [2.24, 2.45) is 5.92 Å². The monoisotopic (exact) mass is 332 g/mol. The molecule has 4 rings (SSSR count). The third kappa shape index (κ3) is 3.45. The summed E-state index contributed by atoms with van der Waals surface area (Å²) in [5.41, 5.74) is 3.60. The molecule has 1 amide bonds. The van der Waals surface area contributed by atoms with Crippen LogP contribution in [0.2, 0.25) is 0 Å². The highest BCUT2D eigenvalue weighted by Gasteiger charge is 2.34. The molecule has 0 bridgehead atoms. The third-order valence-corrected chi connectivity index (χ3v) is 4.51. The van der Waals surface area contributed by atoms with Crippen molar-refractivity contribution in [1.29, 1.82) is 0 Å². The van der Waals surface area contributed by atoms with Gasteiger partial charge in [-0.2, -0.15) is 5.10 Å². The smallest absolute Gasteiger partial charge is 0.251 e. The van der Waals surface area contributed by atoms with Crippen LogP contribution in [0.3, 0.4) is 0 Å². The lowest BCUT2D eigenvalue weighted by atomic mass is 10.1. The fourth-order valence-corrected chi connectivity index (χ4v) is 3.03. The Morgan fingerprint density at radius 3 is 2.80 bits per heavy atom. The number of aromatic nitrogens is 3. The molecular weight excluding hydrogens is 312 g/mol. The second-order valence-corrected chi connectivity index (χ2v) is 6.55. The summed E-state index contributed by atoms with van der Waals surface area (Å²) in [6, 6.07) is 13.4. The number of nitrogens with one attached hydrogen (secondary N) is 1. The molecule has 1 aromatic carbocycles. The molecule has 5 heteroatoms. The number of benzene rings is 1. The Bertz CT molecular complexity index is 884. The Hall–Kier alpha value is -2.95. The van der Waals surface area contributed by atoms with Gasteiger partial charge >= 0.3 is 0 Å². The van der Waals surface area contributed by atoms with Crippen LogP contribution >= 0.6 is 0 Å². The van der Waals surface area contributed by atoms with Gasteiger partial charge in [-0.1, -0.05) is 6.07 Å². The molecule has 1 fully saturated rings. The maximum Gasteiger partial charge on any atom is 0.251 e. The lowest BCUT2D eigenvalue weighted by molar-refractivity contribution is 0.0930. The predicted molar refractivity (Wildman–Crippen MR) is 95.5 cm³/mol. The van der Waals surface area contributed by atoms with Crippen LogP contribution in [0.4, 0.5) is 0 Å². The molecule has 25 heavy (non-hydrogen) atoms. The van der Waals surface area contributed by atoms with Gasteiger partial charge in [-0.25, -0.2) is 4.68 Å². The first-order valence-electron chi connectivity index (χ1n) is 8.54. The number of carbonyl (C=O) groups excluding carboxylic acids is 1. The van der Waals surface area contributed by atoms with Crippen LogP contribution in [0.15, 0.2) is 61.1 Å². The van der Waals surface area contributed by atoms with E-state index in [9.17, 15) is 4.79 Å². The molecule has 5 nitrogen and oxygen atoms in total. The SMILES string of the molecule is Cc1ccnc([C@H](NC(=O)c2cccc(-n3cccn3)c2)C2CC2)c1. The minimum Gasteiger partial charge on any atom is -0.343 e. The van der Waals surface area contributed by atoms with Crippen LogP contribution in [0.1, 0.15) is 40.5 Å². The number of aryl methyl sites for hydroxylation is 1. The number of hydrogen-bond donors (Lipinski definition) is 1. The van der Waals surface area contributed by atoms with Crippen molar-refractivity contribution in [1.82, 2.24) is 20.1 Å². The quantitative estimate of drug-likeness (QED) is 0.778. The molecular formula is C20H20N4O. The van der Waals surface area contributed by atoms with E-state index in [0.717, 1.165) is 29.8 Å². The van der Waals surface area contributed by atoms with E-state index in [-0.39, 0.29) is 11.9 Å². The highest BCUT2D eigenvalue weighted by molar-refractivity contribution is 5.95. The molecule has 1 saturated carbocycles. The zero-order valence-electron chi connectivity index (χ0n) is 14.1. The van der Waals surface area contributed by atoms with Crippen molar-refractivity contribution in [3.8, 4) is 5.69 Å². The fourth-order valence-electron chi connectivity index (χ4n) is 3.03. The Morgan fingerprint density at radius 1 is 1.20 bits per heavy atom. The van der Waals surface area contributed by atoms with Gasteiger partial charge in [0.15, 0.2) is 0 Å². The van der Waals surface area contributed by atoms with E-state index < -0.39 is 0 Å². The average Bonchev–Trinajstić information content (AvgIpc) is 3.32. The Labute approximate surface area is 146 Å². The van der Waals surface area contributed by atoms with E-state index in [1.54, 1.807) is 10.9 Å². The summed E-state index contributed by atoms with van der Waals surface area (Å²) in [4.78, 5) is 17.3. The molecule has 126 valence electrons. The highest BCUT2D eigenvalue weighted by Crippen LogP contribution is 2.40. The van der Waals surface area contributed by atoms with Crippen molar-refractivity contribution in [2.75, 3.05) is 0 Å². The molecule has 3 aromatic rings. The van der Waals surface area contributed by atoms with Gasteiger partial charge in [-0.3, -0.25) is 9.78 Å². The lowest BCUT2D eigenvalue weighted by Gasteiger charge is -2.18. The number of carbonyl (C=O) groups is 1. The Kier molecular flexibility index (Phi) is 4.06. The standard InChI is InChI=1S/C20H20N4O/c1-14-8-10-21-18(12-14)19(15-6-7-15)23-20(25)16-4-2-5-17(13-16)24-11-3-9-22-24/h2-5,8-13,15,19H,6-7H2,1H3,(H,23,25)/t19-/m1/s1. The highest BCUT2D eigenvalue weighted by atomic mass is 16.1. The first kappa shape index (κ1) is 15.6. The molecule has 0 aliphatic heterocycles. The summed E-state index contributed by atoms with van der Waals surface area (Å²) in [5, 5.41) is 7.40. The van der Waals surface area contributed by atoms with Crippen LogP contribution in [-0.2, 0) is 0 Å². The molecule has 0 spiro atoms. The van der Waals surface area contributed by atoms with Crippen LogP contribution in [-0.4, -0.2) is 20.7 Å². The summed E-state index contributed by atoms with van der Waals surface area (Å²) in [5.74, 6) is 0.404. The average molecular weight is 332 g/mol. The summed E-state index contributed by atoms with van der Waals surface area (Å²) < 4.78 is 1.75. The summed E-state index contributed by atoms with van der Waals surface area (Å²) in [7, 11) is 0. The maximum absolute atomic E-state index is 12.8. The largest absolute Gasteiger partial charge is 0.343 e. The zero-order chi connectivity index (χ0) is 17.2. The molecule has 0 radical (unpaired) electrons. The van der Waals surface area contributed by atoms with E-state index in [4.69, 9.17) is 0 Å². The summed E-state index contributed by atoms with van der Waals surface area (Å²) in [6.07, 6.45) is 7.66. The van der Waals surface area contributed by atoms with E-state index in [2.05, 4.69) is 21.5 Å². The van der Waals surface area contributed by atoms with E-state index >= 15 is 0 Å². The van der Waals surface area contributed by atoms with Gasteiger partial charge in [0.25, 0.3) is 5.91 Å². The molecule has 0 unspecified atom stereocenters. The maximum atomic E-state index is 12.8. The van der Waals surface area contributed by atoms with E-state index in [1.165, 1.54) is 0 Å². The lowest BCUT2D eigenvalue weighted by Crippen LogP contribution is -2.30. The number of nitrogens with zero attached hydrogens (tertiary/aromatic N) is 3. The topological polar surface area (TPSA) is 59.8 Å². The normalized spacial score (nSPS) is 14.9. The second kappa shape index (κ2) is 6.51. The second-order valence-electron chi connectivity index (χ2n) is 6.55.